The molecule has 0 saturated heterocycles. The first kappa shape index (κ1) is 22.4. The minimum absolute atomic E-state index is 0.166. The van der Waals surface area contributed by atoms with E-state index in [1.54, 1.807) is 38.6 Å². The number of fused-ring (bicyclic) bond motifs is 2. The van der Waals surface area contributed by atoms with Gasteiger partial charge in [-0.15, -0.1) is 0 Å². The zero-order valence-corrected chi connectivity index (χ0v) is 20.7. The van der Waals surface area contributed by atoms with E-state index in [0.717, 1.165) is 23.5 Å². The van der Waals surface area contributed by atoms with Gasteiger partial charge in [-0.1, -0.05) is 18.2 Å². The van der Waals surface area contributed by atoms with Crippen LogP contribution in [0.25, 0.3) is 22.0 Å². The molecule has 6 rings (SSSR count). The van der Waals surface area contributed by atoms with Crippen molar-refractivity contribution >= 4 is 16.8 Å². The summed E-state index contributed by atoms with van der Waals surface area (Å²) in [6.07, 6.45) is 5.58. The van der Waals surface area contributed by atoms with Crippen molar-refractivity contribution in [2.75, 3.05) is 0 Å². The molecule has 2 N–H and O–H groups in total. The molecule has 4 aromatic rings. The number of aryl methyl sites for hydroxylation is 4. The number of carbonyl (C=O) groups excluding carboxylic acids is 1. The van der Waals surface area contributed by atoms with E-state index in [4.69, 9.17) is 4.74 Å². The molecule has 0 aliphatic heterocycles. The van der Waals surface area contributed by atoms with E-state index in [9.17, 15) is 14.4 Å². The zero-order chi connectivity index (χ0) is 25.3. The van der Waals surface area contributed by atoms with E-state index in [1.807, 2.05) is 32.0 Å². The lowest BCUT2D eigenvalue weighted by atomic mass is 9.93. The lowest BCUT2D eigenvalue weighted by Gasteiger charge is -2.25. The zero-order valence-electron chi connectivity index (χ0n) is 20.7. The molecule has 2 aliphatic carbocycles. The van der Waals surface area contributed by atoms with Crippen molar-refractivity contribution in [2.24, 2.45) is 25.9 Å². The number of carbonyl (C=O) groups is 1. The fourth-order valence-corrected chi connectivity index (χ4v) is 5.40. The number of hydrogen-bond acceptors (Lipinski definition) is 4. The van der Waals surface area contributed by atoms with E-state index in [1.165, 1.54) is 15.6 Å². The third kappa shape index (κ3) is 3.47. The molecule has 36 heavy (non-hydrogen) atoms. The van der Waals surface area contributed by atoms with Gasteiger partial charge in [0.25, 0.3) is 17.0 Å². The third-order valence-corrected chi connectivity index (χ3v) is 7.70. The minimum atomic E-state index is -0.297. The van der Waals surface area contributed by atoms with Gasteiger partial charge in [0.1, 0.15) is 17.0 Å². The number of aromatic amines is 1. The maximum Gasteiger partial charge on any atom is 0.293 e. The average molecular weight is 485 g/mol. The number of para-hydroxylation sites is 1. The summed E-state index contributed by atoms with van der Waals surface area (Å²) in [6, 6.07) is 9.52. The van der Waals surface area contributed by atoms with Crippen LogP contribution in [0.4, 0.5) is 0 Å². The van der Waals surface area contributed by atoms with Crippen LogP contribution in [0.3, 0.4) is 0 Å². The van der Waals surface area contributed by atoms with Crippen molar-refractivity contribution in [3.63, 3.8) is 0 Å². The van der Waals surface area contributed by atoms with E-state index in [-0.39, 0.29) is 28.8 Å². The molecule has 3 aromatic heterocycles. The summed E-state index contributed by atoms with van der Waals surface area (Å²) >= 11 is 0. The Labute approximate surface area is 207 Å². The van der Waals surface area contributed by atoms with E-state index < -0.39 is 0 Å². The molecule has 2 aliphatic rings. The largest absolute Gasteiger partial charge is 0.450 e. The number of H-pyrrole nitrogens is 1. The first-order valence-electron chi connectivity index (χ1n) is 12.2. The highest BCUT2D eigenvalue weighted by atomic mass is 16.5. The lowest BCUT2D eigenvalue weighted by Crippen LogP contribution is -2.42. The number of nitrogens with zero attached hydrogens (tertiary/aromatic N) is 2. The van der Waals surface area contributed by atoms with Crippen molar-refractivity contribution in [2.45, 2.75) is 32.7 Å². The first-order valence-corrected chi connectivity index (χ1v) is 12.2. The standard InChI is InChI=1S/C28H28N4O4/c1-14-6-5-7-15(2)24(14)36-25-17(8-9-31(3)28(25)35)20-13-32(4)27(34)23-19(20)12-22(29-23)26(33)30-21-11-16-10-18(16)21/h5-9,12-13,16,18,21,29H,10-11H2,1-4H3,(H,30,33). The highest BCUT2D eigenvalue weighted by Gasteiger charge is 2.53. The monoisotopic (exact) mass is 484 g/mol. The van der Waals surface area contributed by atoms with Crippen molar-refractivity contribution in [3.05, 3.63) is 80.3 Å². The molecule has 3 heterocycles. The van der Waals surface area contributed by atoms with Crippen LogP contribution in [-0.4, -0.2) is 26.1 Å². The predicted octanol–water partition coefficient (Wildman–Crippen LogP) is 3.78. The normalized spacial score (nSPS) is 20.1. The maximum atomic E-state index is 13.3. The number of amides is 1. The fourth-order valence-electron chi connectivity index (χ4n) is 5.40. The Morgan fingerprint density at radius 2 is 1.75 bits per heavy atom. The molecule has 3 atom stereocenters. The van der Waals surface area contributed by atoms with E-state index in [0.29, 0.717) is 39.4 Å². The van der Waals surface area contributed by atoms with Crippen LogP contribution in [0.5, 0.6) is 11.5 Å². The smallest absolute Gasteiger partial charge is 0.293 e. The molecule has 3 unspecified atom stereocenters. The van der Waals surface area contributed by atoms with Gasteiger partial charge < -0.3 is 24.2 Å². The van der Waals surface area contributed by atoms with Gasteiger partial charge in [-0.25, -0.2) is 0 Å². The molecule has 2 fully saturated rings. The molecule has 0 spiro atoms. The number of nitrogens with one attached hydrogen (secondary N) is 2. The number of benzene rings is 1. The molecule has 184 valence electrons. The Morgan fingerprint density at radius 1 is 1.00 bits per heavy atom. The molecule has 1 amide bonds. The van der Waals surface area contributed by atoms with Crippen molar-refractivity contribution in [1.82, 2.24) is 19.4 Å². The molecule has 0 bridgehead atoms. The molecule has 8 heteroatoms. The van der Waals surface area contributed by atoms with Gasteiger partial charge in [0.05, 0.1) is 0 Å². The van der Waals surface area contributed by atoms with Crippen LogP contribution in [0.2, 0.25) is 0 Å². The number of pyridine rings is 2. The van der Waals surface area contributed by atoms with Gasteiger partial charge in [-0.3, -0.25) is 14.4 Å². The van der Waals surface area contributed by atoms with E-state index >= 15 is 0 Å². The highest BCUT2D eigenvalue weighted by molar-refractivity contribution is 6.03. The summed E-state index contributed by atoms with van der Waals surface area (Å²) in [5.41, 5.74) is 3.10. The Balaban J connectivity index is 1.49. The van der Waals surface area contributed by atoms with Crippen LogP contribution in [0.1, 0.15) is 34.5 Å². The molecule has 0 radical (unpaired) electrons. The average Bonchev–Trinajstić information content (AvgIpc) is 3.29. The van der Waals surface area contributed by atoms with Gasteiger partial charge in [0.2, 0.25) is 0 Å². The van der Waals surface area contributed by atoms with Crippen LogP contribution in [-0.2, 0) is 14.1 Å². The SMILES string of the molecule is Cc1cccc(C)c1Oc1c(-c2cn(C)c(=O)c3[nH]c(C(=O)NC4CC5CC54)cc23)ccn(C)c1=O. The Hall–Kier alpha value is -4.07. The van der Waals surface area contributed by atoms with Gasteiger partial charge >= 0.3 is 0 Å². The molecule has 8 nitrogen and oxygen atoms in total. The van der Waals surface area contributed by atoms with Crippen LogP contribution in [0, 0.1) is 25.7 Å². The minimum Gasteiger partial charge on any atom is -0.450 e. The number of aromatic nitrogens is 3. The molecular weight excluding hydrogens is 456 g/mol. The van der Waals surface area contributed by atoms with Gasteiger partial charge in [-0.05, 0) is 61.8 Å². The maximum absolute atomic E-state index is 13.3. The molecule has 1 aromatic carbocycles. The van der Waals surface area contributed by atoms with Gasteiger partial charge in [0.15, 0.2) is 5.75 Å². The second kappa shape index (κ2) is 7.98. The summed E-state index contributed by atoms with van der Waals surface area (Å²) in [6.45, 7) is 3.87. The summed E-state index contributed by atoms with van der Waals surface area (Å²) in [7, 11) is 3.32. The first-order chi connectivity index (χ1) is 17.2. The lowest BCUT2D eigenvalue weighted by molar-refractivity contribution is 0.0907. The third-order valence-electron chi connectivity index (χ3n) is 7.70. The number of ether oxygens (including phenoxy) is 1. The van der Waals surface area contributed by atoms with Gasteiger partial charge in [-0.2, -0.15) is 0 Å². The molecule has 2 saturated carbocycles. The second-order valence-corrected chi connectivity index (χ2v) is 10.2. The molecular formula is C28H28N4O4. The topological polar surface area (TPSA) is 98.1 Å². The Kier molecular flexibility index (Phi) is 4.96. The fraction of sp³-hybridized carbons (Fsp3) is 0.321. The van der Waals surface area contributed by atoms with Gasteiger partial charge in [0, 0.05) is 49.0 Å². The van der Waals surface area contributed by atoms with Crippen LogP contribution >= 0.6 is 0 Å². The number of rotatable bonds is 5. The quantitative estimate of drug-likeness (QED) is 0.450. The van der Waals surface area contributed by atoms with E-state index in [2.05, 4.69) is 10.3 Å². The Morgan fingerprint density at radius 3 is 2.42 bits per heavy atom. The van der Waals surface area contributed by atoms with Crippen molar-refractivity contribution in [1.29, 1.82) is 0 Å². The highest BCUT2D eigenvalue weighted by Crippen LogP contribution is 2.55. The van der Waals surface area contributed by atoms with Crippen molar-refractivity contribution in [3.8, 4) is 22.6 Å². The number of hydrogen-bond donors (Lipinski definition) is 2. The summed E-state index contributed by atoms with van der Waals surface area (Å²) in [5, 5.41) is 3.66. The second-order valence-electron chi connectivity index (χ2n) is 10.2. The summed E-state index contributed by atoms with van der Waals surface area (Å²) in [5.74, 6) is 1.94. The predicted molar refractivity (Wildman–Crippen MR) is 138 cm³/mol. The summed E-state index contributed by atoms with van der Waals surface area (Å²) in [4.78, 5) is 42.3. The van der Waals surface area contributed by atoms with Crippen molar-refractivity contribution < 1.29 is 9.53 Å². The Bertz CT molecular complexity index is 1660. The van der Waals surface area contributed by atoms with Crippen LogP contribution in [0.15, 0.2) is 52.3 Å². The van der Waals surface area contributed by atoms with Crippen LogP contribution < -0.4 is 21.2 Å². The summed E-state index contributed by atoms with van der Waals surface area (Å²) < 4.78 is 9.21.